The first-order valence-corrected chi connectivity index (χ1v) is 12.1. The number of ketones is 1. The van der Waals surface area contributed by atoms with E-state index in [2.05, 4.69) is 0 Å². The van der Waals surface area contributed by atoms with Gasteiger partial charge in [-0.2, -0.15) is 0 Å². The fraction of sp³-hybridized carbons (Fsp3) is 0.300. The van der Waals surface area contributed by atoms with Crippen LogP contribution >= 0.6 is 23.4 Å². The maximum absolute atomic E-state index is 12.1. The molecule has 2 aliphatic rings. The molecule has 0 spiro atoms. The lowest BCUT2D eigenvalue weighted by Gasteiger charge is -2.26. The molecule has 4 rings (SSSR count). The maximum Gasteiger partial charge on any atom is 0.164 e. The highest BCUT2D eigenvalue weighted by molar-refractivity contribution is 8.13. The monoisotopic (exact) mass is 434 g/mol. The number of carbonyl (C=O) groups excluding carboxylic acids is 1. The molecule has 2 aromatic carbocycles. The number of sulfone groups is 1. The summed E-state index contributed by atoms with van der Waals surface area (Å²) in [5.74, 6) is 0.830. The topological polar surface area (TPSA) is 66.8 Å². The number of Topliss-reactive ketones (excluding diaryl/α,β-unsaturated/α-hetero) is 1. The fourth-order valence-corrected chi connectivity index (χ4v) is 6.59. The van der Waals surface area contributed by atoms with Gasteiger partial charge in [0.05, 0.1) is 23.6 Å². The third kappa shape index (κ3) is 3.97. The zero-order chi connectivity index (χ0) is 19.9. The van der Waals surface area contributed by atoms with Crippen LogP contribution in [0.4, 0.5) is 5.69 Å². The van der Waals surface area contributed by atoms with E-state index in [1.165, 1.54) is 6.92 Å². The highest BCUT2D eigenvalue weighted by Crippen LogP contribution is 2.36. The number of aliphatic imine (C=N–C) groups is 1. The first-order chi connectivity index (χ1) is 13.3. The Morgan fingerprint density at radius 1 is 1.21 bits per heavy atom. The summed E-state index contributed by atoms with van der Waals surface area (Å²) in [5.41, 5.74) is 2.52. The molecule has 0 saturated carbocycles. The van der Waals surface area contributed by atoms with Crippen LogP contribution in [0.25, 0.3) is 0 Å². The van der Waals surface area contributed by atoms with Crippen molar-refractivity contribution in [2.24, 2.45) is 4.99 Å². The Labute approximate surface area is 173 Å². The Balaban J connectivity index is 1.64. The Bertz CT molecular complexity index is 1050. The first-order valence-electron chi connectivity index (χ1n) is 8.88. The second-order valence-corrected chi connectivity index (χ2v) is 10.5. The van der Waals surface area contributed by atoms with Gasteiger partial charge in [-0.25, -0.2) is 8.42 Å². The second kappa shape index (κ2) is 7.54. The number of carbonyl (C=O) groups is 1. The Kier molecular flexibility index (Phi) is 5.24. The zero-order valence-electron chi connectivity index (χ0n) is 15.2. The standard InChI is InChI=1S/C20H19ClN2O3S2/c1-13(24)15-3-2-4-17(9-15)23-19-12-28(25,26)11-18(19)22-20(23)27-10-14-5-7-16(21)8-6-14/h2-9,18-19H,10-12H2,1H3. The van der Waals surface area contributed by atoms with Crippen LogP contribution in [0.15, 0.2) is 53.5 Å². The summed E-state index contributed by atoms with van der Waals surface area (Å²) >= 11 is 7.52. The minimum absolute atomic E-state index is 0.0241. The number of halogens is 1. The summed E-state index contributed by atoms with van der Waals surface area (Å²) in [6.07, 6.45) is 0. The van der Waals surface area contributed by atoms with Crippen LogP contribution < -0.4 is 4.90 Å². The van der Waals surface area contributed by atoms with Gasteiger partial charge in [0.2, 0.25) is 0 Å². The van der Waals surface area contributed by atoms with Crippen molar-refractivity contribution in [3.05, 3.63) is 64.7 Å². The van der Waals surface area contributed by atoms with E-state index in [0.29, 0.717) is 16.3 Å². The predicted octanol–water partition coefficient (Wildman–Crippen LogP) is 3.82. The molecular weight excluding hydrogens is 416 g/mol. The van der Waals surface area contributed by atoms with Gasteiger partial charge in [-0.3, -0.25) is 9.79 Å². The van der Waals surface area contributed by atoms with Crippen molar-refractivity contribution >= 4 is 49.8 Å². The molecule has 2 atom stereocenters. The molecule has 0 aromatic heterocycles. The van der Waals surface area contributed by atoms with E-state index in [4.69, 9.17) is 16.6 Å². The van der Waals surface area contributed by atoms with Gasteiger partial charge in [0.15, 0.2) is 20.8 Å². The van der Waals surface area contributed by atoms with Crippen LogP contribution in [0, 0.1) is 0 Å². The molecule has 2 aliphatic heterocycles. The SMILES string of the molecule is CC(=O)c1cccc(N2C(SCc3ccc(Cl)cc3)=NC3CS(=O)(=O)CC32)c1. The Morgan fingerprint density at radius 2 is 1.96 bits per heavy atom. The van der Waals surface area contributed by atoms with Gasteiger partial charge in [-0.1, -0.05) is 47.6 Å². The van der Waals surface area contributed by atoms with Crippen LogP contribution in [-0.4, -0.2) is 43.0 Å². The molecule has 1 fully saturated rings. The third-order valence-electron chi connectivity index (χ3n) is 4.92. The Hall–Kier alpha value is -1.83. The molecule has 28 heavy (non-hydrogen) atoms. The minimum atomic E-state index is -3.11. The number of benzene rings is 2. The van der Waals surface area contributed by atoms with Crippen molar-refractivity contribution in [1.82, 2.24) is 0 Å². The van der Waals surface area contributed by atoms with Gasteiger partial charge >= 0.3 is 0 Å². The molecule has 8 heteroatoms. The summed E-state index contributed by atoms with van der Waals surface area (Å²) in [6, 6.07) is 14.5. The molecule has 0 radical (unpaired) electrons. The van der Waals surface area contributed by atoms with E-state index in [1.807, 2.05) is 47.4 Å². The molecular formula is C20H19ClN2O3S2. The van der Waals surface area contributed by atoms with E-state index in [1.54, 1.807) is 17.8 Å². The molecule has 0 bridgehead atoms. The van der Waals surface area contributed by atoms with E-state index >= 15 is 0 Å². The Morgan fingerprint density at radius 3 is 2.68 bits per heavy atom. The van der Waals surface area contributed by atoms with Crippen molar-refractivity contribution < 1.29 is 13.2 Å². The van der Waals surface area contributed by atoms with Crippen LogP contribution in [-0.2, 0) is 15.6 Å². The van der Waals surface area contributed by atoms with Crippen molar-refractivity contribution in [2.75, 3.05) is 16.4 Å². The number of thioether (sulfide) groups is 1. The van der Waals surface area contributed by atoms with Crippen molar-refractivity contribution in [1.29, 1.82) is 0 Å². The summed E-state index contributed by atoms with van der Waals surface area (Å²) in [6.45, 7) is 1.52. The maximum atomic E-state index is 12.1. The highest BCUT2D eigenvalue weighted by atomic mass is 35.5. The number of anilines is 1. The first kappa shape index (κ1) is 19.5. The van der Waals surface area contributed by atoms with E-state index in [-0.39, 0.29) is 29.4 Å². The number of amidine groups is 1. The normalized spacial score (nSPS) is 22.8. The fourth-order valence-electron chi connectivity index (χ4n) is 3.54. The number of rotatable bonds is 4. The molecule has 146 valence electrons. The smallest absolute Gasteiger partial charge is 0.164 e. The lowest BCUT2D eigenvalue weighted by molar-refractivity contribution is 0.101. The van der Waals surface area contributed by atoms with Crippen molar-refractivity contribution in [3.63, 3.8) is 0 Å². The number of fused-ring (bicyclic) bond motifs is 1. The van der Waals surface area contributed by atoms with Gasteiger partial charge in [-0.05, 0) is 36.8 Å². The molecule has 1 saturated heterocycles. The lowest BCUT2D eigenvalue weighted by Crippen LogP contribution is -2.39. The van der Waals surface area contributed by atoms with E-state index in [9.17, 15) is 13.2 Å². The van der Waals surface area contributed by atoms with E-state index in [0.717, 1.165) is 16.4 Å². The van der Waals surface area contributed by atoms with E-state index < -0.39 is 9.84 Å². The van der Waals surface area contributed by atoms with Gasteiger partial charge < -0.3 is 4.90 Å². The van der Waals surface area contributed by atoms with Crippen molar-refractivity contribution in [2.45, 2.75) is 24.8 Å². The third-order valence-corrected chi connectivity index (χ3v) is 7.91. The molecule has 0 N–H and O–H groups in total. The lowest BCUT2D eigenvalue weighted by atomic mass is 10.1. The number of hydrogen-bond donors (Lipinski definition) is 0. The molecule has 5 nitrogen and oxygen atoms in total. The highest BCUT2D eigenvalue weighted by Gasteiger charge is 2.47. The average molecular weight is 435 g/mol. The summed E-state index contributed by atoms with van der Waals surface area (Å²) in [7, 11) is -3.11. The number of nitrogens with zero attached hydrogens (tertiary/aromatic N) is 2. The van der Waals surface area contributed by atoms with Gasteiger partial charge in [0.25, 0.3) is 0 Å². The molecule has 0 amide bonds. The van der Waals surface area contributed by atoms with Gasteiger partial charge in [0.1, 0.15) is 0 Å². The largest absolute Gasteiger partial charge is 0.315 e. The van der Waals surface area contributed by atoms with Gasteiger partial charge in [-0.15, -0.1) is 0 Å². The van der Waals surface area contributed by atoms with Crippen LogP contribution in [0.1, 0.15) is 22.8 Å². The quantitative estimate of drug-likeness (QED) is 0.684. The predicted molar refractivity (Wildman–Crippen MR) is 115 cm³/mol. The van der Waals surface area contributed by atoms with Crippen molar-refractivity contribution in [3.8, 4) is 0 Å². The van der Waals surface area contributed by atoms with Crippen LogP contribution in [0.2, 0.25) is 5.02 Å². The van der Waals surface area contributed by atoms with Gasteiger partial charge in [0, 0.05) is 22.0 Å². The van der Waals surface area contributed by atoms with Crippen LogP contribution in [0.3, 0.4) is 0 Å². The average Bonchev–Trinajstić information content (AvgIpc) is 3.12. The summed E-state index contributed by atoms with van der Waals surface area (Å²) in [4.78, 5) is 18.5. The molecule has 2 aromatic rings. The zero-order valence-corrected chi connectivity index (χ0v) is 17.6. The second-order valence-electron chi connectivity index (χ2n) is 7.01. The number of hydrogen-bond acceptors (Lipinski definition) is 6. The summed E-state index contributed by atoms with van der Waals surface area (Å²) in [5, 5.41) is 1.48. The minimum Gasteiger partial charge on any atom is -0.315 e. The molecule has 0 aliphatic carbocycles. The van der Waals surface area contributed by atoms with Crippen LogP contribution in [0.5, 0.6) is 0 Å². The molecule has 2 heterocycles. The summed E-state index contributed by atoms with van der Waals surface area (Å²) < 4.78 is 24.3. The molecule has 2 unspecified atom stereocenters.